The van der Waals surface area contributed by atoms with Crippen LogP contribution in [0.3, 0.4) is 0 Å². The highest BCUT2D eigenvalue weighted by Gasteiger charge is 2.32. The van der Waals surface area contributed by atoms with E-state index >= 15 is 0 Å². The summed E-state index contributed by atoms with van der Waals surface area (Å²) < 4.78 is 33.1. The number of piperazine rings is 1. The first kappa shape index (κ1) is 26.3. The average molecular weight is 528 g/mol. The Morgan fingerprint density at radius 1 is 1.00 bits per heavy atom. The van der Waals surface area contributed by atoms with Crippen molar-refractivity contribution in [1.82, 2.24) is 14.1 Å². The van der Waals surface area contributed by atoms with Crippen molar-refractivity contribution in [3.8, 4) is 0 Å². The van der Waals surface area contributed by atoms with Gasteiger partial charge in [-0.2, -0.15) is 4.31 Å². The molecule has 2 aromatic rings. The third kappa shape index (κ3) is 6.63. The van der Waals surface area contributed by atoms with Gasteiger partial charge in [0.05, 0.1) is 18.2 Å². The Morgan fingerprint density at radius 3 is 2.29 bits per heavy atom. The molecule has 0 bridgehead atoms. The van der Waals surface area contributed by atoms with Crippen LogP contribution in [0.1, 0.15) is 12.5 Å². The van der Waals surface area contributed by atoms with E-state index in [1.54, 1.807) is 11.8 Å². The van der Waals surface area contributed by atoms with Crippen LogP contribution in [0.15, 0.2) is 53.4 Å². The molecule has 8 nitrogen and oxygen atoms in total. The minimum atomic E-state index is -4.10. The molecule has 0 spiro atoms. The second-order valence-electron chi connectivity index (χ2n) is 7.72. The van der Waals surface area contributed by atoms with Gasteiger partial charge in [-0.25, -0.2) is 13.2 Å². The van der Waals surface area contributed by atoms with Gasteiger partial charge in [0.25, 0.3) is 0 Å². The lowest BCUT2D eigenvalue weighted by atomic mass is 10.1. The van der Waals surface area contributed by atoms with Crippen LogP contribution < -0.4 is 0 Å². The Kier molecular flexibility index (Phi) is 9.18. The van der Waals surface area contributed by atoms with E-state index in [1.165, 1.54) is 23.1 Å². The number of carbonyl (C=O) groups is 2. The summed E-state index contributed by atoms with van der Waals surface area (Å²) in [4.78, 5) is 27.9. The molecule has 0 aromatic heterocycles. The van der Waals surface area contributed by atoms with E-state index in [2.05, 4.69) is 0 Å². The fourth-order valence-electron chi connectivity index (χ4n) is 3.60. The van der Waals surface area contributed by atoms with Crippen molar-refractivity contribution in [3.05, 3.63) is 64.1 Å². The molecule has 1 aliphatic heterocycles. The Balaban J connectivity index is 1.76. The number of sulfonamides is 1. The first-order valence-corrected chi connectivity index (χ1v) is 13.1. The molecule has 11 heteroatoms. The molecule has 0 aliphatic carbocycles. The fraction of sp³-hybridized carbons (Fsp3) is 0.391. The zero-order valence-corrected chi connectivity index (χ0v) is 21.2. The Bertz CT molecular complexity index is 1110. The van der Waals surface area contributed by atoms with Gasteiger partial charge in [-0.15, -0.1) is 0 Å². The third-order valence-corrected chi connectivity index (χ3v) is 8.04. The van der Waals surface area contributed by atoms with Crippen molar-refractivity contribution in [1.29, 1.82) is 0 Å². The third-order valence-electron chi connectivity index (χ3n) is 5.47. The van der Waals surface area contributed by atoms with Crippen molar-refractivity contribution in [2.75, 3.05) is 45.9 Å². The maximum absolute atomic E-state index is 13.5. The van der Waals surface area contributed by atoms with Crippen LogP contribution >= 0.6 is 23.2 Å². The standard InChI is InChI=1S/C23H27Cl2N3O5S/c1-2-33-23(30)27-14-12-26(13-15-27)22(29)17-28(11-10-18-6-4-3-5-7-18)34(31,32)21-16-19(24)8-9-20(21)25/h3-9,16H,2,10-15,17H2,1H3. The van der Waals surface area contributed by atoms with Crippen LogP contribution in [-0.4, -0.2) is 80.4 Å². The highest BCUT2D eigenvalue weighted by molar-refractivity contribution is 7.89. The van der Waals surface area contributed by atoms with Gasteiger partial charge >= 0.3 is 6.09 Å². The van der Waals surface area contributed by atoms with Crippen molar-refractivity contribution in [3.63, 3.8) is 0 Å². The van der Waals surface area contributed by atoms with E-state index in [-0.39, 0.29) is 40.5 Å². The molecule has 2 aromatic carbocycles. The molecule has 1 aliphatic rings. The summed E-state index contributed by atoms with van der Waals surface area (Å²) in [5, 5.41) is 0.261. The summed E-state index contributed by atoms with van der Waals surface area (Å²) in [5.74, 6) is -0.349. The van der Waals surface area contributed by atoms with Gasteiger partial charge in [0.1, 0.15) is 4.90 Å². The summed E-state index contributed by atoms with van der Waals surface area (Å²) in [6.07, 6.45) is -0.000381. The zero-order chi connectivity index (χ0) is 24.7. The predicted octanol–water partition coefficient (Wildman–Crippen LogP) is 3.53. The SMILES string of the molecule is CCOC(=O)N1CCN(C(=O)CN(CCc2ccccc2)S(=O)(=O)c2cc(Cl)ccc2Cl)CC1. The Labute approximate surface area is 210 Å². The smallest absolute Gasteiger partial charge is 0.409 e. The summed E-state index contributed by atoms with van der Waals surface area (Å²) in [6.45, 7) is 2.97. The second-order valence-corrected chi connectivity index (χ2v) is 10.5. The molecule has 3 rings (SSSR count). The molecule has 0 N–H and O–H groups in total. The lowest BCUT2D eigenvalue weighted by Crippen LogP contribution is -2.53. The number of hydrogen-bond donors (Lipinski definition) is 0. The van der Waals surface area contributed by atoms with E-state index in [4.69, 9.17) is 27.9 Å². The zero-order valence-electron chi connectivity index (χ0n) is 18.8. The van der Waals surface area contributed by atoms with Crippen LogP contribution in [0.2, 0.25) is 10.0 Å². The minimum absolute atomic E-state index is 0.0320. The maximum Gasteiger partial charge on any atom is 0.409 e. The van der Waals surface area contributed by atoms with Crippen molar-refractivity contribution in [2.45, 2.75) is 18.2 Å². The first-order chi connectivity index (χ1) is 16.2. The quantitative estimate of drug-likeness (QED) is 0.524. The Morgan fingerprint density at radius 2 is 1.65 bits per heavy atom. The molecule has 184 valence electrons. The number of amides is 2. The normalized spacial score (nSPS) is 14.4. The first-order valence-electron chi connectivity index (χ1n) is 10.9. The molecule has 1 heterocycles. The number of nitrogens with zero attached hydrogens (tertiary/aromatic N) is 3. The molecule has 1 fully saturated rings. The number of benzene rings is 2. The molecule has 2 amide bonds. The highest BCUT2D eigenvalue weighted by Crippen LogP contribution is 2.28. The van der Waals surface area contributed by atoms with Crippen LogP contribution in [0, 0.1) is 0 Å². The topological polar surface area (TPSA) is 87.2 Å². The monoisotopic (exact) mass is 527 g/mol. The number of rotatable bonds is 8. The van der Waals surface area contributed by atoms with E-state index in [1.807, 2.05) is 30.3 Å². The summed E-state index contributed by atoms with van der Waals surface area (Å²) >= 11 is 12.2. The van der Waals surface area contributed by atoms with Crippen LogP contribution in [-0.2, 0) is 26.0 Å². The number of halogens is 2. The van der Waals surface area contributed by atoms with Crippen molar-refractivity contribution < 1.29 is 22.7 Å². The summed E-state index contributed by atoms with van der Waals surface area (Å²) in [6, 6.07) is 13.6. The van der Waals surface area contributed by atoms with E-state index in [0.29, 0.717) is 32.6 Å². The molecule has 1 saturated heterocycles. The van der Waals surface area contributed by atoms with Crippen molar-refractivity contribution >= 4 is 45.2 Å². The van der Waals surface area contributed by atoms with E-state index in [9.17, 15) is 18.0 Å². The number of hydrogen-bond acceptors (Lipinski definition) is 5. The predicted molar refractivity (Wildman–Crippen MR) is 131 cm³/mol. The Hall–Kier alpha value is -2.33. The molecular formula is C23H27Cl2N3O5S. The van der Waals surface area contributed by atoms with Crippen LogP contribution in [0.4, 0.5) is 4.79 Å². The van der Waals surface area contributed by atoms with E-state index in [0.717, 1.165) is 9.87 Å². The molecule has 0 atom stereocenters. The summed E-state index contributed by atoms with van der Waals surface area (Å²) in [5.41, 5.74) is 0.940. The number of carbonyl (C=O) groups excluding carboxylic acids is 2. The molecule has 34 heavy (non-hydrogen) atoms. The van der Waals surface area contributed by atoms with Gasteiger partial charge in [0, 0.05) is 37.7 Å². The fourth-order valence-corrected chi connectivity index (χ4v) is 5.73. The van der Waals surface area contributed by atoms with Crippen LogP contribution in [0.25, 0.3) is 0 Å². The highest BCUT2D eigenvalue weighted by atomic mass is 35.5. The van der Waals surface area contributed by atoms with Crippen molar-refractivity contribution in [2.24, 2.45) is 0 Å². The number of ether oxygens (including phenoxy) is 1. The lowest BCUT2D eigenvalue weighted by Gasteiger charge is -2.35. The van der Waals surface area contributed by atoms with Gasteiger partial charge in [0.15, 0.2) is 0 Å². The molecule has 0 radical (unpaired) electrons. The van der Waals surface area contributed by atoms with Gasteiger partial charge < -0.3 is 14.5 Å². The van der Waals surface area contributed by atoms with Gasteiger partial charge in [-0.3, -0.25) is 4.79 Å². The average Bonchev–Trinajstić information content (AvgIpc) is 2.83. The van der Waals surface area contributed by atoms with Crippen LogP contribution in [0.5, 0.6) is 0 Å². The largest absolute Gasteiger partial charge is 0.450 e. The second kappa shape index (κ2) is 11.9. The molecular weight excluding hydrogens is 501 g/mol. The van der Waals surface area contributed by atoms with Gasteiger partial charge in [-0.05, 0) is 37.1 Å². The minimum Gasteiger partial charge on any atom is -0.450 e. The maximum atomic E-state index is 13.5. The summed E-state index contributed by atoms with van der Waals surface area (Å²) in [7, 11) is -4.10. The molecule has 0 saturated carbocycles. The van der Waals surface area contributed by atoms with E-state index < -0.39 is 16.1 Å². The van der Waals surface area contributed by atoms with Gasteiger partial charge in [-0.1, -0.05) is 53.5 Å². The lowest BCUT2D eigenvalue weighted by molar-refractivity contribution is -0.133. The van der Waals surface area contributed by atoms with Gasteiger partial charge in [0.2, 0.25) is 15.9 Å². The molecule has 0 unspecified atom stereocenters.